The molecular weight excluding hydrogens is 267 g/mol. The van der Waals surface area contributed by atoms with Gasteiger partial charge in [0.1, 0.15) is 17.3 Å². The molecule has 106 valence electrons. The van der Waals surface area contributed by atoms with E-state index in [2.05, 4.69) is 5.10 Å². The second-order valence-corrected chi connectivity index (χ2v) is 4.04. The number of carboxylic acid groups (broad SMARTS) is 1. The van der Waals surface area contributed by atoms with Crippen LogP contribution in [0.25, 0.3) is 5.69 Å². The van der Waals surface area contributed by atoms with E-state index in [1.54, 1.807) is 0 Å². The molecule has 6 nitrogen and oxygen atoms in total. The average molecular weight is 280 g/mol. The van der Waals surface area contributed by atoms with E-state index >= 15 is 0 Å². The summed E-state index contributed by atoms with van der Waals surface area (Å²) in [5.74, 6) is -1.35. The van der Waals surface area contributed by atoms with Gasteiger partial charge in [-0.3, -0.25) is 0 Å². The first-order valence-corrected chi connectivity index (χ1v) is 5.83. The zero-order chi connectivity index (χ0) is 14.7. The van der Waals surface area contributed by atoms with E-state index in [1.807, 2.05) is 0 Å². The van der Waals surface area contributed by atoms with Gasteiger partial charge in [0.2, 0.25) is 0 Å². The summed E-state index contributed by atoms with van der Waals surface area (Å²) in [5.41, 5.74) is 0.208. The molecule has 1 aromatic carbocycles. The summed E-state index contributed by atoms with van der Waals surface area (Å²) in [4.78, 5) is 11.1. The van der Waals surface area contributed by atoms with Crippen LogP contribution >= 0.6 is 0 Å². The molecule has 0 saturated heterocycles. The van der Waals surface area contributed by atoms with Gasteiger partial charge >= 0.3 is 5.97 Å². The van der Waals surface area contributed by atoms with Crippen molar-refractivity contribution in [1.29, 1.82) is 0 Å². The number of carbonyl (C=O) groups is 1. The topological polar surface area (TPSA) is 84.6 Å². The van der Waals surface area contributed by atoms with E-state index < -0.39 is 11.8 Å². The highest BCUT2D eigenvalue weighted by molar-refractivity contribution is 5.87. The van der Waals surface area contributed by atoms with Crippen LogP contribution in [0, 0.1) is 5.82 Å². The maximum absolute atomic E-state index is 13.8. The summed E-state index contributed by atoms with van der Waals surface area (Å²) < 4.78 is 19.9. The van der Waals surface area contributed by atoms with Crippen LogP contribution in [-0.4, -0.2) is 39.7 Å². The Labute approximate surface area is 114 Å². The van der Waals surface area contributed by atoms with Gasteiger partial charge in [0, 0.05) is 24.4 Å². The second-order valence-electron chi connectivity index (χ2n) is 4.04. The molecule has 1 aromatic heterocycles. The Kier molecular flexibility index (Phi) is 3.99. The van der Waals surface area contributed by atoms with Crippen LogP contribution < -0.4 is 4.74 Å². The molecule has 0 fully saturated rings. The van der Waals surface area contributed by atoms with Crippen molar-refractivity contribution in [1.82, 2.24) is 9.78 Å². The predicted molar refractivity (Wildman–Crippen MR) is 67.8 cm³/mol. The fraction of sp³-hybridized carbons (Fsp3) is 0.231. The molecule has 20 heavy (non-hydrogen) atoms. The van der Waals surface area contributed by atoms with E-state index in [1.165, 1.54) is 31.5 Å². The van der Waals surface area contributed by atoms with Crippen molar-refractivity contribution in [2.45, 2.75) is 6.42 Å². The van der Waals surface area contributed by atoms with Crippen molar-refractivity contribution in [3.8, 4) is 11.4 Å². The van der Waals surface area contributed by atoms with Gasteiger partial charge in [-0.05, 0) is 18.6 Å². The average Bonchev–Trinajstić information content (AvgIpc) is 2.84. The fourth-order valence-electron chi connectivity index (χ4n) is 1.81. The zero-order valence-electron chi connectivity index (χ0n) is 10.7. The molecule has 0 aliphatic rings. The lowest BCUT2D eigenvalue weighted by molar-refractivity contribution is 0.0688. The van der Waals surface area contributed by atoms with Gasteiger partial charge in [0.15, 0.2) is 5.69 Å². The minimum atomic E-state index is -1.23. The Bertz CT molecular complexity index is 639. The van der Waals surface area contributed by atoms with E-state index in [9.17, 15) is 9.18 Å². The maximum Gasteiger partial charge on any atom is 0.356 e. The van der Waals surface area contributed by atoms with Crippen molar-refractivity contribution in [3.63, 3.8) is 0 Å². The highest BCUT2D eigenvalue weighted by Gasteiger charge is 2.17. The smallest absolute Gasteiger partial charge is 0.356 e. The number of aliphatic hydroxyl groups is 1. The minimum absolute atomic E-state index is 0.0797. The summed E-state index contributed by atoms with van der Waals surface area (Å²) in [6, 6.07) is 4.08. The van der Waals surface area contributed by atoms with Crippen molar-refractivity contribution in [2.75, 3.05) is 13.7 Å². The molecule has 7 heteroatoms. The molecule has 0 amide bonds. The molecule has 0 bridgehead atoms. The third-order valence-electron chi connectivity index (χ3n) is 2.77. The summed E-state index contributed by atoms with van der Waals surface area (Å²) in [7, 11) is 1.44. The van der Waals surface area contributed by atoms with Crippen molar-refractivity contribution in [3.05, 3.63) is 41.5 Å². The standard InChI is InChI=1S/C13H13FN2O4/c1-20-9-2-3-10(14)11(6-9)16-7-8(4-5-17)12(15-16)13(18)19/h2-3,6-7,17H,4-5H2,1H3,(H,18,19). The SMILES string of the molecule is COc1ccc(F)c(-n2cc(CCO)c(C(=O)O)n2)c1. The van der Waals surface area contributed by atoms with Crippen LogP contribution in [0.15, 0.2) is 24.4 Å². The number of methoxy groups -OCH3 is 1. The van der Waals surface area contributed by atoms with Crippen molar-refractivity contribution >= 4 is 5.97 Å². The Balaban J connectivity index is 2.52. The largest absolute Gasteiger partial charge is 0.497 e. The van der Waals surface area contributed by atoms with Gasteiger partial charge in [-0.15, -0.1) is 0 Å². The van der Waals surface area contributed by atoms with Gasteiger partial charge in [-0.25, -0.2) is 13.9 Å². The van der Waals surface area contributed by atoms with Gasteiger partial charge in [0.05, 0.1) is 7.11 Å². The van der Waals surface area contributed by atoms with E-state index in [4.69, 9.17) is 14.9 Å². The third-order valence-corrected chi connectivity index (χ3v) is 2.77. The predicted octanol–water partition coefficient (Wildman–Crippen LogP) is 1.25. The van der Waals surface area contributed by atoms with E-state index in [-0.39, 0.29) is 24.4 Å². The number of benzene rings is 1. The highest BCUT2D eigenvalue weighted by atomic mass is 19.1. The molecule has 0 spiro atoms. The van der Waals surface area contributed by atoms with Crippen LogP contribution in [0.1, 0.15) is 16.1 Å². The number of ether oxygens (including phenoxy) is 1. The Morgan fingerprint density at radius 1 is 1.50 bits per heavy atom. The number of carboxylic acids is 1. The molecule has 1 heterocycles. The monoisotopic (exact) mass is 280 g/mol. The van der Waals surface area contributed by atoms with Gasteiger partial charge < -0.3 is 14.9 Å². The number of rotatable bonds is 5. The van der Waals surface area contributed by atoms with Crippen molar-refractivity contribution in [2.24, 2.45) is 0 Å². The van der Waals surface area contributed by atoms with Gasteiger partial charge in [-0.2, -0.15) is 5.10 Å². The molecule has 2 aromatic rings. The molecule has 0 radical (unpaired) electrons. The first-order valence-electron chi connectivity index (χ1n) is 5.83. The summed E-state index contributed by atoms with van der Waals surface area (Å²) in [6.07, 6.45) is 1.52. The number of aromatic nitrogens is 2. The Morgan fingerprint density at radius 3 is 2.85 bits per heavy atom. The molecule has 2 N–H and O–H groups in total. The van der Waals surface area contributed by atoms with Crippen LogP contribution in [-0.2, 0) is 6.42 Å². The minimum Gasteiger partial charge on any atom is -0.497 e. The lowest BCUT2D eigenvalue weighted by Crippen LogP contribution is -2.04. The highest BCUT2D eigenvalue weighted by Crippen LogP contribution is 2.21. The zero-order valence-corrected chi connectivity index (χ0v) is 10.7. The number of halogens is 1. The Morgan fingerprint density at radius 2 is 2.25 bits per heavy atom. The first-order chi connectivity index (χ1) is 9.56. The third kappa shape index (κ3) is 2.62. The number of hydrogen-bond donors (Lipinski definition) is 2. The van der Waals surface area contributed by atoms with Gasteiger partial charge in [-0.1, -0.05) is 0 Å². The normalized spacial score (nSPS) is 10.6. The summed E-state index contributed by atoms with van der Waals surface area (Å²) in [6.45, 7) is -0.216. The van der Waals surface area contributed by atoms with Crippen LogP contribution in [0.2, 0.25) is 0 Å². The molecule has 0 unspecified atom stereocenters. The summed E-state index contributed by atoms with van der Waals surface area (Å²) in [5, 5.41) is 21.8. The summed E-state index contributed by atoms with van der Waals surface area (Å²) >= 11 is 0. The quantitative estimate of drug-likeness (QED) is 0.861. The van der Waals surface area contributed by atoms with Crippen LogP contribution in [0.4, 0.5) is 4.39 Å². The van der Waals surface area contributed by atoms with Crippen LogP contribution in [0.5, 0.6) is 5.75 Å². The first kappa shape index (κ1) is 14.0. The van der Waals surface area contributed by atoms with E-state index in [0.29, 0.717) is 11.3 Å². The molecule has 0 atom stereocenters. The number of aromatic carboxylic acids is 1. The number of aliphatic hydroxyl groups excluding tert-OH is 1. The molecular formula is C13H13FN2O4. The Hall–Kier alpha value is -2.41. The lowest BCUT2D eigenvalue weighted by atomic mass is 10.2. The second kappa shape index (κ2) is 5.70. The number of nitrogens with zero attached hydrogens (tertiary/aromatic N) is 2. The van der Waals surface area contributed by atoms with Crippen LogP contribution in [0.3, 0.4) is 0 Å². The molecule has 0 saturated carbocycles. The maximum atomic E-state index is 13.8. The van der Waals surface area contributed by atoms with Crippen molar-refractivity contribution < 1.29 is 24.1 Å². The van der Waals surface area contributed by atoms with E-state index in [0.717, 1.165) is 4.68 Å². The number of hydrogen-bond acceptors (Lipinski definition) is 4. The lowest BCUT2D eigenvalue weighted by Gasteiger charge is -2.05. The fourth-order valence-corrected chi connectivity index (χ4v) is 1.81. The molecule has 0 aliphatic carbocycles. The van der Waals surface area contributed by atoms with Gasteiger partial charge in [0.25, 0.3) is 0 Å². The molecule has 0 aliphatic heterocycles. The molecule has 2 rings (SSSR count).